The van der Waals surface area contributed by atoms with Gasteiger partial charge in [-0.05, 0) is 37.5 Å². The van der Waals surface area contributed by atoms with E-state index in [1.807, 2.05) is 19.1 Å². The molecular weight excluding hydrogens is 282 g/mol. The fraction of sp³-hybridized carbons (Fsp3) is 0.375. The van der Waals surface area contributed by atoms with Gasteiger partial charge in [-0.25, -0.2) is 0 Å². The first-order chi connectivity index (χ1) is 10.6. The standard InChI is InChI=1S/C16H19N3O3/c1-10-3-6-15(22-2)13(7-10)19-16(21)8-14(20)12(18-19)9-17-11-4-5-11/h3,6-8,11,17,20H,4-5,9H2,1-2H3. The van der Waals surface area contributed by atoms with Crippen molar-refractivity contribution in [3.63, 3.8) is 0 Å². The highest BCUT2D eigenvalue weighted by Gasteiger charge is 2.21. The van der Waals surface area contributed by atoms with Crippen LogP contribution in [0.1, 0.15) is 24.1 Å². The summed E-state index contributed by atoms with van der Waals surface area (Å²) in [5.74, 6) is 0.480. The summed E-state index contributed by atoms with van der Waals surface area (Å²) in [5, 5.41) is 17.5. The Balaban J connectivity index is 2.03. The van der Waals surface area contributed by atoms with E-state index in [-0.39, 0.29) is 5.75 Å². The highest BCUT2D eigenvalue weighted by molar-refractivity contribution is 5.48. The summed E-state index contributed by atoms with van der Waals surface area (Å²) in [7, 11) is 1.55. The number of ether oxygens (including phenoxy) is 1. The lowest BCUT2D eigenvalue weighted by Crippen LogP contribution is -2.25. The molecule has 0 unspecified atom stereocenters. The summed E-state index contributed by atoms with van der Waals surface area (Å²) in [4.78, 5) is 12.2. The van der Waals surface area contributed by atoms with Gasteiger partial charge in [0, 0.05) is 18.7 Å². The number of aromatic hydroxyl groups is 1. The Morgan fingerprint density at radius 3 is 2.86 bits per heavy atom. The first-order valence-corrected chi connectivity index (χ1v) is 7.29. The molecule has 3 rings (SSSR count). The van der Waals surface area contributed by atoms with Crippen molar-refractivity contribution < 1.29 is 9.84 Å². The molecule has 2 aromatic rings. The summed E-state index contributed by atoms with van der Waals surface area (Å²) in [5.41, 5.74) is 1.63. The van der Waals surface area contributed by atoms with Crippen molar-refractivity contribution in [1.82, 2.24) is 15.1 Å². The lowest BCUT2D eigenvalue weighted by molar-refractivity contribution is 0.409. The summed E-state index contributed by atoms with van der Waals surface area (Å²) in [6, 6.07) is 7.23. The Morgan fingerprint density at radius 2 is 2.18 bits per heavy atom. The Labute approximate surface area is 128 Å². The minimum atomic E-state index is -0.392. The Hall–Kier alpha value is -2.34. The molecule has 0 spiro atoms. The first kappa shape index (κ1) is 14.6. The van der Waals surface area contributed by atoms with Crippen LogP contribution in [0.3, 0.4) is 0 Å². The van der Waals surface area contributed by atoms with E-state index in [0.717, 1.165) is 18.4 Å². The van der Waals surface area contributed by atoms with Crippen molar-refractivity contribution in [2.75, 3.05) is 7.11 Å². The van der Waals surface area contributed by atoms with E-state index < -0.39 is 5.56 Å². The number of benzene rings is 1. The molecule has 1 aliphatic rings. The van der Waals surface area contributed by atoms with Gasteiger partial charge in [-0.3, -0.25) is 4.79 Å². The SMILES string of the molecule is COc1ccc(C)cc1-n1nc(CNC2CC2)c(O)cc1=O. The van der Waals surface area contributed by atoms with Gasteiger partial charge in [-0.2, -0.15) is 9.78 Å². The van der Waals surface area contributed by atoms with Crippen molar-refractivity contribution in [2.45, 2.75) is 32.4 Å². The van der Waals surface area contributed by atoms with Gasteiger partial charge in [-0.1, -0.05) is 6.07 Å². The second-order valence-corrected chi connectivity index (χ2v) is 5.56. The summed E-state index contributed by atoms with van der Waals surface area (Å²) < 4.78 is 6.58. The molecule has 0 atom stereocenters. The molecule has 1 aromatic heterocycles. The molecule has 6 nitrogen and oxygen atoms in total. The van der Waals surface area contributed by atoms with Gasteiger partial charge >= 0.3 is 0 Å². The number of methoxy groups -OCH3 is 1. The molecule has 6 heteroatoms. The lowest BCUT2D eigenvalue weighted by atomic mass is 10.2. The average molecular weight is 301 g/mol. The minimum absolute atomic E-state index is 0.0824. The Morgan fingerprint density at radius 1 is 1.41 bits per heavy atom. The molecule has 1 fully saturated rings. The number of hydrogen-bond donors (Lipinski definition) is 2. The van der Waals surface area contributed by atoms with Crippen molar-refractivity contribution in [1.29, 1.82) is 0 Å². The highest BCUT2D eigenvalue weighted by atomic mass is 16.5. The van der Waals surface area contributed by atoms with E-state index in [1.165, 1.54) is 10.7 Å². The van der Waals surface area contributed by atoms with E-state index in [4.69, 9.17) is 4.74 Å². The summed E-state index contributed by atoms with van der Waals surface area (Å²) >= 11 is 0. The van der Waals surface area contributed by atoms with Gasteiger partial charge in [0.1, 0.15) is 22.9 Å². The van der Waals surface area contributed by atoms with Crippen LogP contribution in [0, 0.1) is 6.92 Å². The molecule has 116 valence electrons. The normalized spacial score (nSPS) is 14.1. The van der Waals surface area contributed by atoms with Gasteiger partial charge < -0.3 is 15.2 Å². The van der Waals surface area contributed by atoms with Crippen molar-refractivity contribution in [2.24, 2.45) is 0 Å². The van der Waals surface area contributed by atoms with Crippen LogP contribution in [0.2, 0.25) is 0 Å². The van der Waals surface area contributed by atoms with Gasteiger partial charge in [0.2, 0.25) is 0 Å². The molecule has 1 aliphatic carbocycles. The van der Waals surface area contributed by atoms with E-state index in [2.05, 4.69) is 10.4 Å². The molecule has 1 aromatic carbocycles. The molecule has 22 heavy (non-hydrogen) atoms. The molecule has 0 aliphatic heterocycles. The van der Waals surface area contributed by atoms with Crippen LogP contribution >= 0.6 is 0 Å². The molecule has 0 amide bonds. The van der Waals surface area contributed by atoms with E-state index in [1.54, 1.807) is 13.2 Å². The highest BCUT2D eigenvalue weighted by Crippen LogP contribution is 2.24. The van der Waals surface area contributed by atoms with Gasteiger partial charge in [0.15, 0.2) is 0 Å². The maximum Gasteiger partial charge on any atom is 0.275 e. The largest absolute Gasteiger partial charge is 0.506 e. The molecule has 1 saturated carbocycles. The van der Waals surface area contributed by atoms with Crippen LogP contribution in [0.5, 0.6) is 11.5 Å². The fourth-order valence-electron chi connectivity index (χ4n) is 2.28. The summed E-state index contributed by atoms with van der Waals surface area (Å²) in [6.07, 6.45) is 2.29. The predicted molar refractivity (Wildman–Crippen MR) is 82.6 cm³/mol. The molecule has 0 bridgehead atoms. The first-order valence-electron chi connectivity index (χ1n) is 7.29. The monoisotopic (exact) mass is 301 g/mol. The van der Waals surface area contributed by atoms with Gasteiger partial charge in [0.25, 0.3) is 5.56 Å². The molecule has 2 N–H and O–H groups in total. The number of hydrogen-bond acceptors (Lipinski definition) is 5. The molecular formula is C16H19N3O3. The van der Waals surface area contributed by atoms with E-state index in [9.17, 15) is 9.90 Å². The molecule has 1 heterocycles. The zero-order chi connectivity index (χ0) is 15.7. The zero-order valence-corrected chi connectivity index (χ0v) is 12.7. The third-order valence-corrected chi connectivity index (χ3v) is 3.68. The number of aromatic nitrogens is 2. The minimum Gasteiger partial charge on any atom is -0.506 e. The third kappa shape index (κ3) is 2.96. The average Bonchev–Trinajstić information content (AvgIpc) is 3.30. The van der Waals surface area contributed by atoms with Crippen LogP contribution < -0.4 is 15.6 Å². The van der Waals surface area contributed by atoms with Gasteiger partial charge in [-0.15, -0.1) is 0 Å². The van der Waals surface area contributed by atoms with E-state index >= 15 is 0 Å². The van der Waals surface area contributed by atoms with Crippen LogP contribution in [-0.2, 0) is 6.54 Å². The third-order valence-electron chi connectivity index (χ3n) is 3.68. The van der Waals surface area contributed by atoms with Gasteiger partial charge in [0.05, 0.1) is 7.11 Å². The second kappa shape index (κ2) is 5.81. The number of rotatable bonds is 5. The zero-order valence-electron chi connectivity index (χ0n) is 12.7. The Kier molecular flexibility index (Phi) is 3.85. The van der Waals surface area contributed by atoms with Crippen LogP contribution in [0.4, 0.5) is 0 Å². The van der Waals surface area contributed by atoms with Crippen LogP contribution in [-0.4, -0.2) is 28.0 Å². The van der Waals surface area contributed by atoms with E-state index in [0.29, 0.717) is 29.7 Å². The maximum atomic E-state index is 12.2. The predicted octanol–water partition coefficient (Wildman–Crippen LogP) is 1.51. The van der Waals surface area contributed by atoms with Crippen LogP contribution in [0.25, 0.3) is 5.69 Å². The molecule has 0 saturated heterocycles. The lowest BCUT2D eigenvalue weighted by Gasteiger charge is -2.13. The summed E-state index contributed by atoms with van der Waals surface area (Å²) in [6.45, 7) is 2.37. The maximum absolute atomic E-state index is 12.2. The Bertz CT molecular complexity index is 751. The quantitative estimate of drug-likeness (QED) is 0.875. The number of nitrogens with zero attached hydrogens (tertiary/aromatic N) is 2. The van der Waals surface area contributed by atoms with Crippen LogP contribution in [0.15, 0.2) is 29.1 Å². The fourth-order valence-corrected chi connectivity index (χ4v) is 2.28. The second-order valence-electron chi connectivity index (χ2n) is 5.56. The molecule has 0 radical (unpaired) electrons. The van der Waals surface area contributed by atoms with Crippen molar-refractivity contribution >= 4 is 0 Å². The van der Waals surface area contributed by atoms with Crippen molar-refractivity contribution in [3.8, 4) is 17.2 Å². The van der Waals surface area contributed by atoms with Crippen molar-refractivity contribution in [3.05, 3.63) is 45.9 Å². The topological polar surface area (TPSA) is 76.4 Å². The number of aryl methyl sites for hydroxylation is 1. The smallest absolute Gasteiger partial charge is 0.275 e. The number of nitrogens with one attached hydrogen (secondary N) is 1.